The molecule has 3 nitrogen and oxygen atoms in total. The SMILES string of the molecule is C#CCCCCNCC(=O)Nc1c(F)cccc1F. The maximum Gasteiger partial charge on any atom is 0.238 e. The summed E-state index contributed by atoms with van der Waals surface area (Å²) in [7, 11) is 0. The first-order valence-corrected chi connectivity index (χ1v) is 6.03. The second kappa shape index (κ2) is 8.22. The van der Waals surface area contributed by atoms with Crippen molar-refractivity contribution < 1.29 is 13.6 Å². The number of hydrogen-bond acceptors (Lipinski definition) is 2. The van der Waals surface area contributed by atoms with E-state index in [-0.39, 0.29) is 6.54 Å². The molecule has 0 aromatic heterocycles. The predicted molar refractivity (Wildman–Crippen MR) is 70.5 cm³/mol. The van der Waals surface area contributed by atoms with Gasteiger partial charge in [0.15, 0.2) is 0 Å². The van der Waals surface area contributed by atoms with E-state index in [0.29, 0.717) is 13.0 Å². The lowest BCUT2D eigenvalue weighted by atomic mass is 10.2. The minimum Gasteiger partial charge on any atom is -0.320 e. The van der Waals surface area contributed by atoms with Crippen LogP contribution in [0.2, 0.25) is 0 Å². The Bertz CT molecular complexity index is 449. The molecule has 0 saturated heterocycles. The highest BCUT2D eigenvalue weighted by molar-refractivity contribution is 5.92. The largest absolute Gasteiger partial charge is 0.320 e. The van der Waals surface area contributed by atoms with Crippen LogP contribution in [-0.4, -0.2) is 19.0 Å². The molecule has 19 heavy (non-hydrogen) atoms. The van der Waals surface area contributed by atoms with Crippen molar-refractivity contribution in [2.45, 2.75) is 19.3 Å². The van der Waals surface area contributed by atoms with E-state index in [4.69, 9.17) is 6.42 Å². The Balaban J connectivity index is 2.30. The number of terminal acetylenes is 1. The molecule has 0 heterocycles. The normalized spacial score (nSPS) is 9.95. The number of unbranched alkanes of at least 4 members (excludes halogenated alkanes) is 2. The Morgan fingerprint density at radius 2 is 1.95 bits per heavy atom. The van der Waals surface area contributed by atoms with Crippen molar-refractivity contribution in [3.63, 3.8) is 0 Å². The van der Waals surface area contributed by atoms with Crippen molar-refractivity contribution in [3.05, 3.63) is 29.8 Å². The van der Waals surface area contributed by atoms with Crippen LogP contribution in [-0.2, 0) is 4.79 Å². The van der Waals surface area contributed by atoms with E-state index >= 15 is 0 Å². The summed E-state index contributed by atoms with van der Waals surface area (Å²) in [5.74, 6) is 0.458. The van der Waals surface area contributed by atoms with Crippen LogP contribution in [0, 0.1) is 24.0 Å². The van der Waals surface area contributed by atoms with Gasteiger partial charge in [0, 0.05) is 6.42 Å². The number of rotatable bonds is 7. The van der Waals surface area contributed by atoms with E-state index in [9.17, 15) is 13.6 Å². The highest BCUT2D eigenvalue weighted by Crippen LogP contribution is 2.17. The quantitative estimate of drug-likeness (QED) is 0.587. The second-order valence-electron chi connectivity index (χ2n) is 3.98. The Kier molecular flexibility index (Phi) is 6.55. The summed E-state index contributed by atoms with van der Waals surface area (Å²) in [5, 5.41) is 5.07. The van der Waals surface area contributed by atoms with Crippen LogP contribution in [0.25, 0.3) is 0 Å². The molecule has 1 aromatic rings. The Labute approximate surface area is 111 Å². The number of amides is 1. The number of anilines is 1. The number of hydrogen-bond donors (Lipinski definition) is 2. The van der Waals surface area contributed by atoms with Crippen molar-refractivity contribution in [2.75, 3.05) is 18.4 Å². The smallest absolute Gasteiger partial charge is 0.238 e. The summed E-state index contributed by atoms with van der Waals surface area (Å²) in [6, 6.07) is 3.42. The van der Waals surface area contributed by atoms with E-state index < -0.39 is 23.2 Å². The first-order chi connectivity index (χ1) is 9.15. The highest BCUT2D eigenvalue weighted by Gasteiger charge is 2.11. The lowest BCUT2D eigenvalue weighted by Crippen LogP contribution is -2.29. The Morgan fingerprint density at radius 1 is 1.26 bits per heavy atom. The summed E-state index contributed by atoms with van der Waals surface area (Å²) in [6.45, 7) is 0.638. The molecule has 0 unspecified atom stereocenters. The molecule has 0 bridgehead atoms. The third-order valence-corrected chi connectivity index (χ3v) is 2.44. The molecule has 1 aromatic carbocycles. The maximum absolute atomic E-state index is 13.2. The van der Waals surface area contributed by atoms with Crippen LogP contribution in [0.3, 0.4) is 0 Å². The fraction of sp³-hybridized carbons (Fsp3) is 0.357. The fourth-order valence-corrected chi connectivity index (χ4v) is 1.48. The molecule has 1 rings (SSSR count). The van der Waals surface area contributed by atoms with Gasteiger partial charge < -0.3 is 10.6 Å². The van der Waals surface area contributed by atoms with Gasteiger partial charge in [0.2, 0.25) is 5.91 Å². The molecule has 0 spiro atoms. The van der Waals surface area contributed by atoms with Gasteiger partial charge in [0.25, 0.3) is 0 Å². The van der Waals surface area contributed by atoms with Crippen LogP contribution >= 0.6 is 0 Å². The van der Waals surface area contributed by atoms with E-state index in [0.717, 1.165) is 25.0 Å². The molecule has 0 aliphatic rings. The zero-order chi connectivity index (χ0) is 14.1. The lowest BCUT2D eigenvalue weighted by Gasteiger charge is -2.08. The summed E-state index contributed by atoms with van der Waals surface area (Å²) in [5.41, 5.74) is -0.415. The summed E-state index contributed by atoms with van der Waals surface area (Å²) in [4.78, 5) is 11.5. The van der Waals surface area contributed by atoms with E-state index in [2.05, 4.69) is 16.6 Å². The van der Waals surface area contributed by atoms with Gasteiger partial charge in [-0.1, -0.05) is 6.07 Å². The molecule has 0 atom stereocenters. The molecule has 102 valence electrons. The molecule has 2 N–H and O–H groups in total. The van der Waals surface area contributed by atoms with Gasteiger partial charge in [0.1, 0.15) is 17.3 Å². The third kappa shape index (κ3) is 5.49. The van der Waals surface area contributed by atoms with Crippen LogP contribution in [0.1, 0.15) is 19.3 Å². The molecule has 0 fully saturated rings. The van der Waals surface area contributed by atoms with Gasteiger partial charge in [-0.2, -0.15) is 0 Å². The molecule has 0 aliphatic heterocycles. The molecular formula is C14H16F2N2O. The van der Waals surface area contributed by atoms with Crippen LogP contribution < -0.4 is 10.6 Å². The average molecular weight is 266 g/mol. The van der Waals surface area contributed by atoms with Gasteiger partial charge in [0.05, 0.1) is 6.54 Å². The first-order valence-electron chi connectivity index (χ1n) is 6.03. The monoisotopic (exact) mass is 266 g/mol. The van der Waals surface area contributed by atoms with Crippen molar-refractivity contribution in [3.8, 4) is 12.3 Å². The molecular weight excluding hydrogens is 250 g/mol. The predicted octanol–water partition coefficient (Wildman–Crippen LogP) is 2.30. The Hall–Kier alpha value is -1.93. The van der Waals surface area contributed by atoms with E-state index in [1.54, 1.807) is 0 Å². The van der Waals surface area contributed by atoms with Crippen molar-refractivity contribution in [1.82, 2.24) is 5.32 Å². The van der Waals surface area contributed by atoms with Gasteiger partial charge in [-0.05, 0) is 31.5 Å². The first kappa shape index (κ1) is 15.1. The lowest BCUT2D eigenvalue weighted by molar-refractivity contribution is -0.115. The van der Waals surface area contributed by atoms with Crippen LogP contribution in [0.5, 0.6) is 0 Å². The number of para-hydroxylation sites is 1. The topological polar surface area (TPSA) is 41.1 Å². The van der Waals surface area contributed by atoms with E-state index in [1.165, 1.54) is 6.07 Å². The zero-order valence-corrected chi connectivity index (χ0v) is 10.5. The minimum absolute atomic E-state index is 0.00380. The van der Waals surface area contributed by atoms with Gasteiger partial charge in [-0.15, -0.1) is 12.3 Å². The molecule has 0 aliphatic carbocycles. The fourth-order valence-electron chi connectivity index (χ4n) is 1.48. The van der Waals surface area contributed by atoms with Crippen molar-refractivity contribution in [2.24, 2.45) is 0 Å². The Morgan fingerprint density at radius 3 is 2.58 bits per heavy atom. The molecule has 0 radical (unpaired) electrons. The van der Waals surface area contributed by atoms with Gasteiger partial charge in [-0.3, -0.25) is 4.79 Å². The maximum atomic E-state index is 13.2. The second-order valence-corrected chi connectivity index (χ2v) is 3.98. The summed E-state index contributed by atoms with van der Waals surface area (Å²) >= 11 is 0. The zero-order valence-electron chi connectivity index (χ0n) is 10.5. The molecule has 5 heteroatoms. The molecule has 1 amide bonds. The number of benzene rings is 1. The minimum atomic E-state index is -0.789. The van der Waals surface area contributed by atoms with Gasteiger partial charge in [-0.25, -0.2) is 8.78 Å². The van der Waals surface area contributed by atoms with Gasteiger partial charge >= 0.3 is 0 Å². The van der Waals surface area contributed by atoms with Crippen LogP contribution in [0.15, 0.2) is 18.2 Å². The van der Waals surface area contributed by atoms with Crippen LogP contribution in [0.4, 0.5) is 14.5 Å². The summed E-state index contributed by atoms with van der Waals surface area (Å²) < 4.78 is 26.5. The van der Waals surface area contributed by atoms with Crippen molar-refractivity contribution in [1.29, 1.82) is 0 Å². The molecule has 0 saturated carbocycles. The number of nitrogens with one attached hydrogen (secondary N) is 2. The third-order valence-electron chi connectivity index (χ3n) is 2.44. The van der Waals surface area contributed by atoms with Crippen molar-refractivity contribution >= 4 is 11.6 Å². The standard InChI is InChI=1S/C14H16F2N2O/c1-2-3-4-5-9-17-10-13(19)18-14-11(15)7-6-8-12(14)16/h1,6-8,17H,3-5,9-10H2,(H,18,19). The van der Waals surface area contributed by atoms with E-state index in [1.807, 2.05) is 0 Å². The average Bonchev–Trinajstić information content (AvgIpc) is 2.38. The summed E-state index contributed by atoms with van der Waals surface area (Å²) in [6.07, 6.45) is 7.54. The number of halogens is 2. The number of carbonyl (C=O) groups excluding carboxylic acids is 1. The number of carbonyl (C=O) groups is 1. The highest BCUT2D eigenvalue weighted by atomic mass is 19.1.